The molecule has 0 amide bonds. The Morgan fingerprint density at radius 1 is 1.35 bits per heavy atom. The molecule has 90 valence electrons. The predicted molar refractivity (Wildman–Crippen MR) is 66.1 cm³/mol. The Morgan fingerprint density at radius 2 is 2.00 bits per heavy atom. The molecule has 1 saturated heterocycles. The fraction of sp³-hybridized carbons (Fsp3) is 0.500. The van der Waals surface area contributed by atoms with Crippen LogP contribution in [0.15, 0.2) is 30.3 Å². The van der Waals surface area contributed by atoms with Gasteiger partial charge in [-0.15, -0.1) is 0 Å². The Balaban J connectivity index is 2.43. The summed E-state index contributed by atoms with van der Waals surface area (Å²) in [5, 5.41) is 20.2. The second-order valence-corrected chi connectivity index (χ2v) is 5.00. The molecule has 1 heterocycles. The van der Waals surface area contributed by atoms with E-state index >= 15 is 0 Å². The van der Waals surface area contributed by atoms with Crippen molar-refractivity contribution in [2.24, 2.45) is 11.8 Å². The number of benzene rings is 1. The average molecular weight is 230 g/mol. The van der Waals surface area contributed by atoms with Crippen LogP contribution in [0.1, 0.15) is 12.5 Å². The molecule has 0 aliphatic carbocycles. The summed E-state index contributed by atoms with van der Waals surface area (Å²) in [5.41, 5.74) is -0.171. The van der Waals surface area contributed by atoms with E-state index in [1.54, 1.807) is 0 Å². The van der Waals surface area contributed by atoms with E-state index in [0.717, 1.165) is 12.1 Å². The van der Waals surface area contributed by atoms with E-state index in [1.165, 1.54) is 0 Å². The molecule has 3 unspecified atom stereocenters. The van der Waals surface area contributed by atoms with E-state index in [4.69, 9.17) is 0 Å². The number of hydrogen-bond acceptors (Lipinski definition) is 3. The molecule has 3 heteroatoms. The minimum Gasteiger partial charge on any atom is -0.383 e. The van der Waals surface area contributed by atoms with Crippen LogP contribution in [-0.4, -0.2) is 30.1 Å². The summed E-state index contributed by atoms with van der Waals surface area (Å²) in [5.74, 6) is -0.327. The normalized spacial score (nSPS) is 34.2. The van der Waals surface area contributed by atoms with Gasteiger partial charge in [0.05, 0.1) is 12.0 Å². The smallest absolute Gasteiger partial charge is 0.110 e. The van der Waals surface area contributed by atoms with E-state index in [9.17, 15) is 10.4 Å². The summed E-state index contributed by atoms with van der Waals surface area (Å²) in [6.45, 7) is 3.43. The molecule has 1 aromatic carbocycles. The van der Waals surface area contributed by atoms with Gasteiger partial charge in [-0.25, -0.2) is 0 Å². The average Bonchev–Trinajstić information content (AvgIpc) is 2.34. The topological polar surface area (TPSA) is 47.3 Å². The van der Waals surface area contributed by atoms with Crippen LogP contribution in [0, 0.1) is 23.2 Å². The zero-order chi connectivity index (χ0) is 12.5. The molecule has 0 saturated carbocycles. The molecule has 1 N–H and O–H groups in total. The zero-order valence-electron chi connectivity index (χ0n) is 10.3. The summed E-state index contributed by atoms with van der Waals surface area (Å²) in [7, 11) is 1.99. The third kappa shape index (κ3) is 1.95. The number of likely N-dealkylation sites (tertiary alicyclic amines) is 1. The Bertz CT molecular complexity index is 426. The number of rotatable bonds is 1. The molecular formula is C14H18N2O. The SMILES string of the molecule is CC1CN(C)CC(C#N)C1(O)c1ccccc1. The van der Waals surface area contributed by atoms with Crippen LogP contribution in [0.4, 0.5) is 0 Å². The van der Waals surface area contributed by atoms with Crippen LogP contribution >= 0.6 is 0 Å². The Kier molecular flexibility index (Phi) is 3.19. The molecule has 1 aliphatic rings. The van der Waals surface area contributed by atoms with Gasteiger partial charge < -0.3 is 10.0 Å². The van der Waals surface area contributed by atoms with Crippen LogP contribution < -0.4 is 0 Å². The van der Waals surface area contributed by atoms with Crippen molar-refractivity contribution < 1.29 is 5.11 Å². The van der Waals surface area contributed by atoms with Gasteiger partial charge in [-0.05, 0) is 12.6 Å². The lowest BCUT2D eigenvalue weighted by atomic mass is 9.70. The first-order chi connectivity index (χ1) is 8.09. The molecule has 1 aliphatic heterocycles. The van der Waals surface area contributed by atoms with Crippen molar-refractivity contribution in [3.63, 3.8) is 0 Å². The lowest BCUT2D eigenvalue weighted by molar-refractivity contribution is -0.0948. The molecule has 0 spiro atoms. The Hall–Kier alpha value is -1.37. The highest BCUT2D eigenvalue weighted by Crippen LogP contribution is 2.40. The molecule has 0 bridgehead atoms. The summed E-state index contributed by atoms with van der Waals surface area (Å²) in [6, 6.07) is 11.8. The third-order valence-corrected chi connectivity index (χ3v) is 3.75. The first-order valence-electron chi connectivity index (χ1n) is 5.95. The van der Waals surface area contributed by atoms with Gasteiger partial charge in [0.25, 0.3) is 0 Å². The highest BCUT2D eigenvalue weighted by atomic mass is 16.3. The van der Waals surface area contributed by atoms with Crippen LogP contribution in [0.3, 0.4) is 0 Å². The van der Waals surface area contributed by atoms with Gasteiger partial charge in [-0.2, -0.15) is 5.26 Å². The van der Waals surface area contributed by atoms with Gasteiger partial charge in [-0.1, -0.05) is 37.3 Å². The maximum Gasteiger partial charge on any atom is 0.110 e. The van der Waals surface area contributed by atoms with Crippen molar-refractivity contribution in [3.8, 4) is 6.07 Å². The number of aliphatic hydroxyl groups is 1. The quantitative estimate of drug-likeness (QED) is 0.797. The number of nitrogens with zero attached hydrogens (tertiary/aromatic N) is 2. The molecule has 0 aromatic heterocycles. The van der Waals surface area contributed by atoms with Crippen LogP contribution in [0.25, 0.3) is 0 Å². The van der Waals surface area contributed by atoms with Crippen molar-refractivity contribution in [2.45, 2.75) is 12.5 Å². The van der Waals surface area contributed by atoms with Crippen molar-refractivity contribution >= 4 is 0 Å². The van der Waals surface area contributed by atoms with Gasteiger partial charge in [0.1, 0.15) is 5.60 Å². The number of hydrogen-bond donors (Lipinski definition) is 1. The summed E-state index contributed by atoms with van der Waals surface area (Å²) >= 11 is 0. The lowest BCUT2D eigenvalue weighted by Crippen LogP contribution is -2.53. The van der Waals surface area contributed by atoms with E-state index in [0.29, 0.717) is 6.54 Å². The van der Waals surface area contributed by atoms with Crippen molar-refractivity contribution in [1.82, 2.24) is 4.90 Å². The molecule has 1 aromatic rings. The van der Waals surface area contributed by atoms with Gasteiger partial charge in [0, 0.05) is 19.0 Å². The molecular weight excluding hydrogens is 212 g/mol. The second-order valence-electron chi connectivity index (χ2n) is 5.00. The van der Waals surface area contributed by atoms with Crippen LogP contribution in [-0.2, 0) is 5.60 Å². The fourth-order valence-electron chi connectivity index (χ4n) is 2.81. The van der Waals surface area contributed by atoms with Crippen molar-refractivity contribution in [1.29, 1.82) is 5.26 Å². The van der Waals surface area contributed by atoms with Crippen LogP contribution in [0.5, 0.6) is 0 Å². The summed E-state index contributed by atoms with van der Waals surface area (Å²) in [6.07, 6.45) is 0. The lowest BCUT2D eigenvalue weighted by Gasteiger charge is -2.45. The predicted octanol–water partition coefficient (Wildman–Crippen LogP) is 1.60. The zero-order valence-corrected chi connectivity index (χ0v) is 10.3. The fourth-order valence-corrected chi connectivity index (χ4v) is 2.81. The van der Waals surface area contributed by atoms with Crippen molar-refractivity contribution in [3.05, 3.63) is 35.9 Å². The largest absolute Gasteiger partial charge is 0.383 e. The van der Waals surface area contributed by atoms with Crippen molar-refractivity contribution in [2.75, 3.05) is 20.1 Å². The summed E-state index contributed by atoms with van der Waals surface area (Å²) in [4.78, 5) is 2.11. The second kappa shape index (κ2) is 4.48. The highest BCUT2D eigenvalue weighted by Gasteiger charge is 2.47. The molecule has 3 nitrogen and oxygen atoms in total. The van der Waals surface area contributed by atoms with Gasteiger partial charge in [0.15, 0.2) is 0 Å². The first kappa shape index (κ1) is 12.1. The Labute approximate surface area is 102 Å². The maximum absolute atomic E-state index is 10.9. The van der Waals surface area contributed by atoms with E-state index in [2.05, 4.69) is 11.0 Å². The maximum atomic E-state index is 10.9. The van der Waals surface area contributed by atoms with Gasteiger partial charge >= 0.3 is 0 Å². The molecule has 0 radical (unpaired) electrons. The summed E-state index contributed by atoms with van der Waals surface area (Å²) < 4.78 is 0. The molecule has 17 heavy (non-hydrogen) atoms. The van der Waals surface area contributed by atoms with E-state index in [-0.39, 0.29) is 11.8 Å². The van der Waals surface area contributed by atoms with E-state index in [1.807, 2.05) is 44.3 Å². The highest BCUT2D eigenvalue weighted by molar-refractivity contribution is 5.27. The van der Waals surface area contributed by atoms with Gasteiger partial charge in [0.2, 0.25) is 0 Å². The standard InChI is InChI=1S/C14H18N2O/c1-11-9-16(2)10-13(8-15)14(11,17)12-6-4-3-5-7-12/h3-7,11,13,17H,9-10H2,1-2H3. The van der Waals surface area contributed by atoms with Gasteiger partial charge in [-0.3, -0.25) is 0 Å². The molecule has 1 fully saturated rings. The van der Waals surface area contributed by atoms with E-state index < -0.39 is 5.60 Å². The monoisotopic (exact) mass is 230 g/mol. The molecule has 2 rings (SSSR count). The minimum absolute atomic E-state index is 0.0494. The molecule has 3 atom stereocenters. The number of nitriles is 1. The Morgan fingerprint density at radius 3 is 2.59 bits per heavy atom. The minimum atomic E-state index is -1.03. The first-order valence-corrected chi connectivity index (χ1v) is 5.95. The van der Waals surface area contributed by atoms with Crippen LogP contribution in [0.2, 0.25) is 0 Å². The third-order valence-electron chi connectivity index (χ3n) is 3.75. The number of piperidine rings is 1.